The third-order valence-corrected chi connectivity index (χ3v) is 4.76. The first kappa shape index (κ1) is 16.3. The zero-order valence-corrected chi connectivity index (χ0v) is 13.3. The van der Waals surface area contributed by atoms with Crippen LogP contribution in [0, 0.1) is 5.92 Å². The fourth-order valence-corrected chi connectivity index (χ4v) is 3.50. The summed E-state index contributed by atoms with van der Waals surface area (Å²) in [4.78, 5) is 14.9. The van der Waals surface area contributed by atoms with Crippen molar-refractivity contribution in [1.29, 1.82) is 0 Å². The predicted molar refractivity (Wildman–Crippen MR) is 85.8 cm³/mol. The molecule has 21 heavy (non-hydrogen) atoms. The molecule has 3 fully saturated rings. The molecule has 3 aliphatic rings. The van der Waals surface area contributed by atoms with Gasteiger partial charge in [0.05, 0.1) is 5.92 Å². The number of nitrogens with zero attached hydrogens (tertiary/aromatic N) is 1. The normalized spacial score (nSPS) is 28.5. The molecule has 1 aromatic carbocycles. The smallest absolute Gasteiger partial charge is 0.313 e. The Morgan fingerprint density at radius 2 is 1.95 bits per heavy atom. The van der Waals surface area contributed by atoms with Gasteiger partial charge in [-0.1, -0.05) is 37.3 Å². The molecule has 3 heterocycles. The maximum atomic E-state index is 12.5. The molecule has 2 unspecified atom stereocenters. The highest BCUT2D eigenvalue weighted by molar-refractivity contribution is 5.85. The molecule has 4 heteroatoms. The van der Waals surface area contributed by atoms with Crippen molar-refractivity contribution in [2.45, 2.75) is 38.2 Å². The Hall–Kier alpha value is -1.06. The summed E-state index contributed by atoms with van der Waals surface area (Å²) in [6, 6.07) is 9.99. The average molecular weight is 310 g/mol. The number of ether oxygens (including phenoxy) is 1. The van der Waals surface area contributed by atoms with Crippen LogP contribution in [-0.2, 0) is 9.53 Å². The van der Waals surface area contributed by atoms with Crippen molar-refractivity contribution in [3.63, 3.8) is 0 Å². The van der Waals surface area contributed by atoms with E-state index in [9.17, 15) is 4.79 Å². The lowest BCUT2D eigenvalue weighted by Crippen LogP contribution is -2.52. The molecule has 1 aromatic rings. The van der Waals surface area contributed by atoms with E-state index in [-0.39, 0.29) is 30.4 Å². The summed E-state index contributed by atoms with van der Waals surface area (Å²) in [7, 11) is 0. The Kier molecular flexibility index (Phi) is 5.65. The highest BCUT2D eigenvalue weighted by Gasteiger charge is 2.37. The average Bonchev–Trinajstić information content (AvgIpc) is 2.50. The number of carbonyl (C=O) groups is 1. The molecule has 0 saturated carbocycles. The van der Waals surface area contributed by atoms with E-state index >= 15 is 0 Å². The van der Waals surface area contributed by atoms with Gasteiger partial charge in [0.15, 0.2) is 0 Å². The molecule has 3 nitrogen and oxygen atoms in total. The fourth-order valence-electron chi connectivity index (χ4n) is 3.50. The van der Waals surface area contributed by atoms with Crippen LogP contribution in [0.5, 0.6) is 0 Å². The van der Waals surface area contributed by atoms with Gasteiger partial charge in [0.1, 0.15) is 6.10 Å². The van der Waals surface area contributed by atoms with Crippen molar-refractivity contribution in [3.8, 4) is 0 Å². The maximum Gasteiger partial charge on any atom is 0.313 e. The first-order valence-electron chi connectivity index (χ1n) is 7.75. The number of esters is 1. The van der Waals surface area contributed by atoms with E-state index in [1.165, 1.54) is 25.9 Å². The van der Waals surface area contributed by atoms with Gasteiger partial charge >= 0.3 is 5.97 Å². The molecule has 0 aromatic heterocycles. The summed E-state index contributed by atoms with van der Waals surface area (Å²) < 4.78 is 5.85. The third-order valence-electron chi connectivity index (χ3n) is 4.76. The minimum atomic E-state index is -0.119. The second kappa shape index (κ2) is 7.28. The second-order valence-electron chi connectivity index (χ2n) is 5.98. The zero-order valence-electron chi connectivity index (χ0n) is 12.5. The van der Waals surface area contributed by atoms with Gasteiger partial charge < -0.3 is 4.74 Å². The lowest BCUT2D eigenvalue weighted by Gasteiger charge is -2.44. The molecule has 2 atom stereocenters. The quantitative estimate of drug-likeness (QED) is 0.800. The van der Waals surface area contributed by atoms with Gasteiger partial charge in [0, 0.05) is 6.54 Å². The maximum absolute atomic E-state index is 12.5. The van der Waals surface area contributed by atoms with Crippen molar-refractivity contribution < 1.29 is 9.53 Å². The van der Waals surface area contributed by atoms with E-state index in [0.717, 1.165) is 18.5 Å². The van der Waals surface area contributed by atoms with Crippen LogP contribution >= 0.6 is 12.4 Å². The molecule has 3 aliphatic heterocycles. The Morgan fingerprint density at radius 3 is 2.48 bits per heavy atom. The largest absolute Gasteiger partial charge is 0.460 e. The Morgan fingerprint density at radius 1 is 1.29 bits per heavy atom. The molecule has 116 valence electrons. The number of hydrogen-bond donors (Lipinski definition) is 0. The number of rotatable bonds is 4. The monoisotopic (exact) mass is 309 g/mol. The summed E-state index contributed by atoms with van der Waals surface area (Å²) >= 11 is 0. The van der Waals surface area contributed by atoms with Gasteiger partial charge in [-0.3, -0.25) is 9.69 Å². The Bertz CT molecular complexity index is 457. The second-order valence-corrected chi connectivity index (χ2v) is 5.98. The van der Waals surface area contributed by atoms with Crippen molar-refractivity contribution in [2.24, 2.45) is 5.92 Å². The number of carbonyl (C=O) groups excluding carboxylic acids is 1. The lowest BCUT2D eigenvalue weighted by atomic mass is 9.85. The van der Waals surface area contributed by atoms with E-state index in [1.54, 1.807) is 0 Å². The first-order valence-corrected chi connectivity index (χ1v) is 7.75. The number of fused-ring (bicyclic) bond motifs is 3. The number of halogens is 1. The molecule has 0 aliphatic carbocycles. The van der Waals surface area contributed by atoms with Gasteiger partial charge in [-0.05, 0) is 43.8 Å². The van der Waals surface area contributed by atoms with Crippen molar-refractivity contribution in [3.05, 3.63) is 35.9 Å². The third kappa shape index (κ3) is 3.58. The predicted octanol–water partition coefficient (Wildman–Crippen LogP) is 3.24. The van der Waals surface area contributed by atoms with Gasteiger partial charge in [0.2, 0.25) is 0 Å². The van der Waals surface area contributed by atoms with Gasteiger partial charge in [0.25, 0.3) is 0 Å². The number of benzene rings is 1. The lowest BCUT2D eigenvalue weighted by molar-refractivity contribution is -0.160. The van der Waals surface area contributed by atoms with E-state index in [1.807, 2.05) is 30.3 Å². The van der Waals surface area contributed by atoms with E-state index in [4.69, 9.17) is 4.74 Å². The van der Waals surface area contributed by atoms with E-state index in [0.29, 0.717) is 5.92 Å². The Balaban J connectivity index is 0.00000161. The number of piperidine rings is 3. The molecule has 4 rings (SSSR count). The standard InChI is InChI=1S/C17H23NO2.ClH/c1-2-15(13-6-4-3-5-7-13)17(19)20-16-12-18-10-8-14(16)9-11-18;/h3-7,14-16H,2,8-12H2,1H3;1H. The summed E-state index contributed by atoms with van der Waals surface area (Å²) in [6.45, 7) is 5.33. The van der Waals surface area contributed by atoms with Crippen LogP contribution < -0.4 is 0 Å². The van der Waals surface area contributed by atoms with Crippen molar-refractivity contribution >= 4 is 18.4 Å². The molecular weight excluding hydrogens is 286 g/mol. The Labute approximate surface area is 133 Å². The molecule has 0 N–H and O–H groups in total. The summed E-state index contributed by atoms with van der Waals surface area (Å²) in [6.07, 6.45) is 3.27. The molecule has 3 saturated heterocycles. The van der Waals surface area contributed by atoms with Crippen LogP contribution in [-0.4, -0.2) is 36.6 Å². The van der Waals surface area contributed by atoms with Crippen LogP contribution in [0.15, 0.2) is 30.3 Å². The van der Waals surface area contributed by atoms with Crippen LogP contribution in [0.25, 0.3) is 0 Å². The van der Waals surface area contributed by atoms with E-state index < -0.39 is 0 Å². The van der Waals surface area contributed by atoms with Gasteiger partial charge in [-0.2, -0.15) is 0 Å². The first-order chi connectivity index (χ1) is 9.78. The highest BCUT2D eigenvalue weighted by atomic mass is 35.5. The zero-order chi connectivity index (χ0) is 13.9. The summed E-state index contributed by atoms with van der Waals surface area (Å²) in [5.41, 5.74) is 1.07. The van der Waals surface area contributed by atoms with Crippen molar-refractivity contribution in [1.82, 2.24) is 4.90 Å². The van der Waals surface area contributed by atoms with Gasteiger partial charge in [-0.15, -0.1) is 12.4 Å². The van der Waals surface area contributed by atoms with Crippen molar-refractivity contribution in [2.75, 3.05) is 19.6 Å². The van der Waals surface area contributed by atoms with Gasteiger partial charge in [-0.25, -0.2) is 0 Å². The van der Waals surface area contributed by atoms with Crippen LogP contribution in [0.1, 0.15) is 37.7 Å². The highest BCUT2D eigenvalue weighted by Crippen LogP contribution is 2.31. The minimum Gasteiger partial charge on any atom is -0.460 e. The molecule has 0 spiro atoms. The molecule has 0 radical (unpaired) electrons. The summed E-state index contributed by atoms with van der Waals surface area (Å²) in [5, 5.41) is 0. The fraction of sp³-hybridized carbons (Fsp3) is 0.588. The van der Waals surface area contributed by atoms with Crippen LogP contribution in [0.3, 0.4) is 0 Å². The summed E-state index contributed by atoms with van der Waals surface area (Å²) in [5.74, 6) is 0.418. The van der Waals surface area contributed by atoms with E-state index in [2.05, 4.69) is 11.8 Å². The van der Waals surface area contributed by atoms with Crippen LogP contribution in [0.4, 0.5) is 0 Å². The van der Waals surface area contributed by atoms with Crippen LogP contribution in [0.2, 0.25) is 0 Å². The topological polar surface area (TPSA) is 29.5 Å². The minimum absolute atomic E-state index is 0. The number of hydrogen-bond acceptors (Lipinski definition) is 3. The molecular formula is C17H24ClNO2. The SMILES string of the molecule is CCC(C(=O)OC1CN2CCC1CC2)c1ccccc1.Cl. The molecule has 0 amide bonds. The molecule has 2 bridgehead atoms.